The Kier molecular flexibility index (Phi) is 8.71. The molecule has 0 aliphatic heterocycles. The van der Waals surface area contributed by atoms with E-state index in [1.165, 1.54) is 29.8 Å². The average molecular weight is 542 g/mol. The van der Waals surface area contributed by atoms with Crippen molar-refractivity contribution in [2.75, 3.05) is 19.1 Å². The summed E-state index contributed by atoms with van der Waals surface area (Å²) in [5.41, 5.74) is 1.77. The number of nitrogens with zero attached hydrogens (tertiary/aromatic N) is 2. The zero-order valence-corrected chi connectivity index (χ0v) is 23.1. The van der Waals surface area contributed by atoms with Crippen LogP contribution in [0.15, 0.2) is 42.5 Å². The van der Waals surface area contributed by atoms with E-state index in [4.69, 9.17) is 21.1 Å². The summed E-state index contributed by atoms with van der Waals surface area (Å²) < 4.78 is 10.7. The second-order valence-electron chi connectivity index (χ2n) is 9.16. The Labute approximate surface area is 226 Å². The largest absolute Gasteiger partial charge is 0.497 e. The Hall–Kier alpha value is -3.10. The SMILES string of the molecule is COc1ccc([C@@H](C(=O)NC2CCCCC2)N(C(=O)c2sc(C)nc2C)c2ccc(OC)c(Cl)c2)cc1. The van der Waals surface area contributed by atoms with Crippen molar-refractivity contribution in [3.05, 3.63) is 68.6 Å². The molecule has 4 rings (SSSR count). The van der Waals surface area contributed by atoms with Crippen molar-refractivity contribution in [3.63, 3.8) is 0 Å². The minimum absolute atomic E-state index is 0.0748. The number of aromatic nitrogens is 1. The molecule has 1 aliphatic rings. The molecule has 1 aliphatic carbocycles. The van der Waals surface area contributed by atoms with Gasteiger partial charge < -0.3 is 14.8 Å². The fourth-order valence-corrected chi connectivity index (χ4v) is 5.87. The first kappa shape index (κ1) is 26.9. The highest BCUT2D eigenvalue weighted by molar-refractivity contribution is 7.13. The van der Waals surface area contributed by atoms with Crippen LogP contribution in [0.3, 0.4) is 0 Å². The van der Waals surface area contributed by atoms with Crippen LogP contribution in [0.5, 0.6) is 11.5 Å². The van der Waals surface area contributed by atoms with E-state index in [1.807, 2.05) is 19.1 Å². The normalized spacial score (nSPS) is 14.6. The summed E-state index contributed by atoms with van der Waals surface area (Å²) in [4.78, 5) is 34.7. The number of methoxy groups -OCH3 is 2. The third kappa shape index (κ3) is 6.08. The zero-order chi connectivity index (χ0) is 26.5. The van der Waals surface area contributed by atoms with Gasteiger partial charge in [0, 0.05) is 11.7 Å². The molecular formula is C28H32ClN3O4S. The van der Waals surface area contributed by atoms with Crippen LogP contribution in [0.4, 0.5) is 5.69 Å². The van der Waals surface area contributed by atoms with Gasteiger partial charge in [0.05, 0.1) is 29.9 Å². The molecule has 0 saturated heterocycles. The molecule has 1 N–H and O–H groups in total. The number of aryl methyl sites for hydroxylation is 2. The van der Waals surface area contributed by atoms with Gasteiger partial charge in [-0.15, -0.1) is 11.3 Å². The van der Waals surface area contributed by atoms with Gasteiger partial charge in [-0.25, -0.2) is 4.98 Å². The van der Waals surface area contributed by atoms with Crippen molar-refractivity contribution in [1.82, 2.24) is 10.3 Å². The van der Waals surface area contributed by atoms with Gasteiger partial charge in [0.25, 0.3) is 5.91 Å². The van der Waals surface area contributed by atoms with Crippen LogP contribution in [0.1, 0.15) is 64.1 Å². The number of rotatable bonds is 8. The highest BCUT2D eigenvalue weighted by Crippen LogP contribution is 2.36. The smallest absolute Gasteiger partial charge is 0.271 e. The lowest BCUT2D eigenvalue weighted by Crippen LogP contribution is -2.47. The number of ether oxygens (including phenoxy) is 2. The van der Waals surface area contributed by atoms with E-state index in [-0.39, 0.29) is 17.9 Å². The van der Waals surface area contributed by atoms with E-state index >= 15 is 0 Å². The van der Waals surface area contributed by atoms with E-state index < -0.39 is 6.04 Å². The average Bonchev–Trinajstić information content (AvgIpc) is 3.25. The predicted molar refractivity (Wildman–Crippen MR) is 147 cm³/mol. The Bertz CT molecular complexity index is 1250. The first-order chi connectivity index (χ1) is 17.8. The molecule has 0 radical (unpaired) electrons. The van der Waals surface area contributed by atoms with Crippen molar-refractivity contribution < 1.29 is 19.1 Å². The highest BCUT2D eigenvalue weighted by atomic mass is 35.5. The van der Waals surface area contributed by atoms with Gasteiger partial charge in [-0.2, -0.15) is 0 Å². The second-order valence-corrected chi connectivity index (χ2v) is 10.8. The number of nitrogens with one attached hydrogen (secondary N) is 1. The number of hydrogen-bond donors (Lipinski definition) is 1. The second kappa shape index (κ2) is 12.0. The number of carbonyl (C=O) groups excluding carboxylic acids is 2. The maximum absolute atomic E-state index is 14.2. The Morgan fingerprint density at radius 3 is 2.32 bits per heavy atom. The van der Waals surface area contributed by atoms with Crippen molar-refractivity contribution in [1.29, 1.82) is 0 Å². The lowest BCUT2D eigenvalue weighted by molar-refractivity contribution is -0.123. The number of amides is 2. The van der Waals surface area contributed by atoms with Gasteiger partial charge in [-0.05, 0) is 62.6 Å². The van der Waals surface area contributed by atoms with Gasteiger partial charge in [-0.1, -0.05) is 43.0 Å². The van der Waals surface area contributed by atoms with Crippen molar-refractivity contribution in [2.24, 2.45) is 0 Å². The zero-order valence-electron chi connectivity index (χ0n) is 21.5. The summed E-state index contributed by atoms with van der Waals surface area (Å²) in [6.45, 7) is 3.67. The van der Waals surface area contributed by atoms with Crippen molar-refractivity contribution in [2.45, 2.75) is 58.0 Å². The van der Waals surface area contributed by atoms with Crippen LogP contribution in [-0.4, -0.2) is 37.1 Å². The van der Waals surface area contributed by atoms with Crippen LogP contribution in [0.25, 0.3) is 0 Å². The molecule has 2 aromatic carbocycles. The molecule has 7 nitrogen and oxygen atoms in total. The summed E-state index contributed by atoms with van der Waals surface area (Å²) in [5.74, 6) is 0.588. The maximum atomic E-state index is 14.2. The monoisotopic (exact) mass is 541 g/mol. The summed E-state index contributed by atoms with van der Waals surface area (Å²) in [5, 5.41) is 4.35. The lowest BCUT2D eigenvalue weighted by Gasteiger charge is -2.33. The van der Waals surface area contributed by atoms with Gasteiger partial charge >= 0.3 is 0 Å². The van der Waals surface area contributed by atoms with Crippen molar-refractivity contribution in [3.8, 4) is 11.5 Å². The van der Waals surface area contributed by atoms with E-state index in [0.717, 1.165) is 30.7 Å². The first-order valence-electron chi connectivity index (χ1n) is 12.4. The fraction of sp³-hybridized carbons (Fsp3) is 0.393. The predicted octanol–water partition coefficient (Wildman–Crippen LogP) is 6.27. The molecule has 0 unspecified atom stereocenters. The molecule has 1 aromatic heterocycles. The van der Waals surface area contributed by atoms with E-state index in [0.29, 0.717) is 38.3 Å². The molecule has 1 atom stereocenters. The summed E-state index contributed by atoms with van der Waals surface area (Å²) in [6, 6.07) is 11.5. The standard InChI is InChI=1S/C28H32ClN3O4S/c1-17-26(37-18(2)30-17)28(34)32(21-12-15-24(36-4)23(29)16-21)25(19-10-13-22(35-3)14-11-19)27(33)31-20-8-6-5-7-9-20/h10-16,20,25H,5-9H2,1-4H3,(H,31,33)/t25-/m0/s1. The minimum Gasteiger partial charge on any atom is -0.497 e. The van der Waals surface area contributed by atoms with E-state index in [9.17, 15) is 9.59 Å². The molecule has 37 heavy (non-hydrogen) atoms. The van der Waals surface area contributed by atoms with Crippen LogP contribution in [-0.2, 0) is 4.79 Å². The van der Waals surface area contributed by atoms with Crippen LogP contribution in [0.2, 0.25) is 5.02 Å². The Morgan fingerprint density at radius 2 is 1.76 bits per heavy atom. The van der Waals surface area contributed by atoms with Crippen molar-refractivity contribution >= 4 is 40.4 Å². The minimum atomic E-state index is -0.938. The molecule has 1 saturated carbocycles. The summed E-state index contributed by atoms with van der Waals surface area (Å²) in [7, 11) is 3.12. The molecule has 2 amide bonds. The topological polar surface area (TPSA) is 80.8 Å². The number of halogens is 1. The molecular weight excluding hydrogens is 510 g/mol. The van der Waals surface area contributed by atoms with Gasteiger partial charge in [0.15, 0.2) is 0 Å². The molecule has 1 heterocycles. The number of thiazole rings is 1. The summed E-state index contributed by atoms with van der Waals surface area (Å²) >= 11 is 7.81. The Balaban J connectivity index is 1.85. The molecule has 196 valence electrons. The maximum Gasteiger partial charge on any atom is 0.271 e. The quantitative estimate of drug-likeness (QED) is 0.363. The number of anilines is 1. The third-order valence-electron chi connectivity index (χ3n) is 6.62. The number of carbonyl (C=O) groups is 2. The Morgan fingerprint density at radius 1 is 1.05 bits per heavy atom. The molecule has 1 fully saturated rings. The summed E-state index contributed by atoms with van der Waals surface area (Å²) in [6.07, 6.45) is 5.18. The molecule has 0 bridgehead atoms. The van der Waals surface area contributed by atoms with E-state index in [1.54, 1.807) is 44.4 Å². The van der Waals surface area contributed by atoms with E-state index in [2.05, 4.69) is 10.3 Å². The van der Waals surface area contributed by atoms with Crippen LogP contribution in [0, 0.1) is 13.8 Å². The lowest BCUT2D eigenvalue weighted by atomic mass is 9.94. The molecule has 0 spiro atoms. The van der Waals surface area contributed by atoms with Gasteiger partial charge in [-0.3, -0.25) is 14.5 Å². The third-order valence-corrected chi connectivity index (χ3v) is 7.98. The fourth-order valence-electron chi connectivity index (χ4n) is 4.76. The number of benzene rings is 2. The van der Waals surface area contributed by atoms with Gasteiger partial charge in [0.1, 0.15) is 22.4 Å². The van der Waals surface area contributed by atoms with Crippen LogP contribution >= 0.6 is 22.9 Å². The van der Waals surface area contributed by atoms with Gasteiger partial charge in [0.2, 0.25) is 5.91 Å². The highest BCUT2D eigenvalue weighted by Gasteiger charge is 2.36. The number of hydrogen-bond acceptors (Lipinski definition) is 6. The van der Waals surface area contributed by atoms with Crippen LogP contribution < -0.4 is 19.7 Å². The first-order valence-corrected chi connectivity index (χ1v) is 13.6. The molecule has 3 aromatic rings. The molecule has 9 heteroatoms.